The summed E-state index contributed by atoms with van der Waals surface area (Å²) in [6.45, 7) is 0. The molecule has 0 spiro atoms. The average molecular weight is 363 g/mol. The first-order valence-corrected chi connectivity index (χ1v) is 7.66. The van der Waals surface area contributed by atoms with Crippen molar-refractivity contribution >= 4 is 45.8 Å². The summed E-state index contributed by atoms with van der Waals surface area (Å²) in [5.41, 5.74) is 0.829. The molecule has 7 heteroatoms. The summed E-state index contributed by atoms with van der Waals surface area (Å²) in [6.07, 6.45) is 1.20. The SMILES string of the molecule is COc1cc(Cl)c2occ(C(=O)Nc3ccccc3Cl)c(=N)c2c1. The summed E-state index contributed by atoms with van der Waals surface area (Å²) in [4.78, 5) is 12.5. The van der Waals surface area contributed by atoms with Crippen molar-refractivity contribution < 1.29 is 13.9 Å². The molecule has 3 aromatic rings. The van der Waals surface area contributed by atoms with Crippen molar-refractivity contribution in [2.75, 3.05) is 12.4 Å². The van der Waals surface area contributed by atoms with E-state index in [4.69, 9.17) is 37.8 Å². The van der Waals surface area contributed by atoms with E-state index in [0.29, 0.717) is 32.5 Å². The number of amides is 1. The Kier molecular flexibility index (Phi) is 4.46. The molecule has 0 atom stereocenters. The number of ether oxygens (including phenoxy) is 1. The van der Waals surface area contributed by atoms with Crippen molar-refractivity contribution in [3.8, 4) is 5.75 Å². The summed E-state index contributed by atoms with van der Waals surface area (Å²) >= 11 is 12.2. The van der Waals surface area contributed by atoms with Crippen LogP contribution in [0.3, 0.4) is 0 Å². The Hall–Kier alpha value is -2.50. The maximum absolute atomic E-state index is 12.5. The second-order valence-electron chi connectivity index (χ2n) is 4.94. The van der Waals surface area contributed by atoms with Gasteiger partial charge in [0.25, 0.3) is 5.91 Å². The van der Waals surface area contributed by atoms with Gasteiger partial charge in [-0.1, -0.05) is 35.3 Å². The third-order valence-corrected chi connectivity index (χ3v) is 4.06. The Morgan fingerprint density at radius 3 is 2.67 bits per heavy atom. The Morgan fingerprint density at radius 1 is 1.21 bits per heavy atom. The molecule has 2 aromatic carbocycles. The van der Waals surface area contributed by atoms with Gasteiger partial charge >= 0.3 is 0 Å². The Morgan fingerprint density at radius 2 is 1.96 bits per heavy atom. The molecular weight excluding hydrogens is 351 g/mol. The third kappa shape index (κ3) is 2.96. The first kappa shape index (κ1) is 16.4. The van der Waals surface area contributed by atoms with Crippen LogP contribution in [0.5, 0.6) is 5.75 Å². The van der Waals surface area contributed by atoms with Crippen LogP contribution in [0, 0.1) is 5.41 Å². The topological polar surface area (TPSA) is 75.3 Å². The number of carbonyl (C=O) groups excluding carboxylic acids is 1. The molecule has 0 saturated carbocycles. The number of hydrogen-bond donors (Lipinski definition) is 2. The van der Waals surface area contributed by atoms with Gasteiger partial charge in [-0.2, -0.15) is 0 Å². The predicted molar refractivity (Wildman–Crippen MR) is 93.0 cm³/mol. The Labute approximate surface area is 147 Å². The number of rotatable bonds is 3. The average Bonchev–Trinajstić information content (AvgIpc) is 2.57. The number of halogens is 2. The molecule has 122 valence electrons. The molecule has 24 heavy (non-hydrogen) atoms. The second-order valence-corrected chi connectivity index (χ2v) is 5.76. The molecular formula is C17H12Cl2N2O3. The Balaban J connectivity index is 2.07. The van der Waals surface area contributed by atoms with Gasteiger partial charge in [-0.05, 0) is 18.2 Å². The van der Waals surface area contributed by atoms with E-state index in [0.717, 1.165) is 0 Å². The minimum atomic E-state index is -0.502. The maximum Gasteiger partial charge on any atom is 0.261 e. The summed E-state index contributed by atoms with van der Waals surface area (Å²) in [5.74, 6) is -0.0300. The Bertz CT molecular complexity index is 999. The van der Waals surface area contributed by atoms with E-state index in [-0.39, 0.29) is 10.9 Å². The van der Waals surface area contributed by atoms with Crippen LogP contribution in [0.4, 0.5) is 5.69 Å². The van der Waals surface area contributed by atoms with Crippen LogP contribution in [0.25, 0.3) is 11.0 Å². The smallest absolute Gasteiger partial charge is 0.261 e. The second kappa shape index (κ2) is 6.55. The van der Waals surface area contributed by atoms with Crippen molar-refractivity contribution in [3.05, 3.63) is 63.6 Å². The number of anilines is 1. The third-order valence-electron chi connectivity index (χ3n) is 3.45. The van der Waals surface area contributed by atoms with Crippen LogP contribution in [-0.4, -0.2) is 13.0 Å². The van der Waals surface area contributed by atoms with E-state index < -0.39 is 5.91 Å². The van der Waals surface area contributed by atoms with Crippen LogP contribution in [-0.2, 0) is 0 Å². The lowest BCUT2D eigenvalue weighted by molar-refractivity contribution is 0.102. The van der Waals surface area contributed by atoms with Gasteiger partial charge < -0.3 is 14.5 Å². The highest BCUT2D eigenvalue weighted by Crippen LogP contribution is 2.28. The van der Waals surface area contributed by atoms with E-state index >= 15 is 0 Å². The molecule has 0 fully saturated rings. The molecule has 1 heterocycles. The monoisotopic (exact) mass is 362 g/mol. The molecule has 0 aliphatic rings. The fourth-order valence-corrected chi connectivity index (χ4v) is 2.67. The van der Waals surface area contributed by atoms with Crippen LogP contribution >= 0.6 is 23.2 Å². The van der Waals surface area contributed by atoms with Crippen molar-refractivity contribution in [3.63, 3.8) is 0 Å². The van der Waals surface area contributed by atoms with Crippen LogP contribution in [0.15, 0.2) is 47.1 Å². The molecule has 2 N–H and O–H groups in total. The predicted octanol–water partition coefficient (Wildman–Crippen LogP) is 4.48. The quantitative estimate of drug-likeness (QED) is 0.721. The first-order chi connectivity index (χ1) is 11.5. The molecule has 1 aromatic heterocycles. The normalized spacial score (nSPS) is 10.6. The lowest BCUT2D eigenvalue weighted by Gasteiger charge is -2.09. The number of nitrogens with one attached hydrogen (secondary N) is 2. The summed E-state index contributed by atoms with van der Waals surface area (Å²) in [6, 6.07) is 10.0. The van der Waals surface area contributed by atoms with Crippen molar-refractivity contribution in [1.29, 1.82) is 5.41 Å². The standard InChI is InChI=1S/C17H12Cl2N2O3/c1-23-9-6-10-15(20)11(8-24-16(10)13(19)7-9)17(22)21-14-5-3-2-4-12(14)18/h2-8,20H,1H3,(H,21,22). The first-order valence-electron chi connectivity index (χ1n) is 6.91. The number of fused-ring (bicyclic) bond motifs is 1. The highest BCUT2D eigenvalue weighted by Gasteiger charge is 2.15. The zero-order valence-electron chi connectivity index (χ0n) is 12.5. The molecule has 1 amide bonds. The number of para-hydroxylation sites is 1. The number of methoxy groups -OCH3 is 1. The summed E-state index contributed by atoms with van der Waals surface area (Å²) < 4.78 is 10.6. The molecule has 3 rings (SSSR count). The minimum Gasteiger partial charge on any atom is -0.497 e. The van der Waals surface area contributed by atoms with Gasteiger partial charge in [0.05, 0.1) is 28.2 Å². The molecule has 0 aliphatic carbocycles. The fourth-order valence-electron chi connectivity index (χ4n) is 2.23. The van der Waals surface area contributed by atoms with E-state index in [1.807, 2.05) is 0 Å². The largest absolute Gasteiger partial charge is 0.497 e. The number of hydrogen-bond acceptors (Lipinski definition) is 4. The van der Waals surface area contributed by atoms with Gasteiger partial charge in [0.15, 0.2) is 5.58 Å². The molecule has 0 aliphatic heterocycles. The maximum atomic E-state index is 12.5. The zero-order valence-corrected chi connectivity index (χ0v) is 14.0. The number of carbonyl (C=O) groups is 1. The highest BCUT2D eigenvalue weighted by molar-refractivity contribution is 6.35. The van der Waals surface area contributed by atoms with Gasteiger partial charge in [-0.25, -0.2) is 0 Å². The highest BCUT2D eigenvalue weighted by atomic mass is 35.5. The molecule has 0 bridgehead atoms. The lowest BCUT2D eigenvalue weighted by atomic mass is 10.1. The molecule has 5 nitrogen and oxygen atoms in total. The minimum absolute atomic E-state index is 0.0124. The van der Waals surface area contributed by atoms with E-state index in [2.05, 4.69) is 5.32 Å². The van der Waals surface area contributed by atoms with Crippen molar-refractivity contribution in [2.24, 2.45) is 0 Å². The van der Waals surface area contributed by atoms with Crippen LogP contribution < -0.4 is 15.4 Å². The zero-order chi connectivity index (χ0) is 17.3. The van der Waals surface area contributed by atoms with E-state index in [9.17, 15) is 4.79 Å². The van der Waals surface area contributed by atoms with Gasteiger partial charge in [0, 0.05) is 11.5 Å². The van der Waals surface area contributed by atoms with Crippen molar-refractivity contribution in [2.45, 2.75) is 0 Å². The van der Waals surface area contributed by atoms with Crippen LogP contribution in [0.2, 0.25) is 10.0 Å². The molecule has 0 radical (unpaired) electrons. The van der Waals surface area contributed by atoms with Crippen LogP contribution in [0.1, 0.15) is 10.4 Å². The number of benzene rings is 2. The van der Waals surface area contributed by atoms with Gasteiger partial charge in [0.2, 0.25) is 0 Å². The molecule has 0 unspecified atom stereocenters. The van der Waals surface area contributed by atoms with Crippen molar-refractivity contribution in [1.82, 2.24) is 0 Å². The van der Waals surface area contributed by atoms with E-state index in [1.165, 1.54) is 13.4 Å². The van der Waals surface area contributed by atoms with Gasteiger partial charge in [-0.15, -0.1) is 0 Å². The fraction of sp³-hybridized carbons (Fsp3) is 0.0588. The van der Waals surface area contributed by atoms with E-state index in [1.54, 1.807) is 36.4 Å². The summed E-state index contributed by atoms with van der Waals surface area (Å²) in [7, 11) is 1.49. The van der Waals surface area contributed by atoms with Gasteiger partial charge in [0.1, 0.15) is 17.6 Å². The van der Waals surface area contributed by atoms with Gasteiger partial charge in [-0.3, -0.25) is 10.2 Å². The lowest BCUT2D eigenvalue weighted by Crippen LogP contribution is -2.21. The molecule has 0 saturated heterocycles. The summed E-state index contributed by atoms with van der Waals surface area (Å²) in [5, 5.41) is 12.0.